The lowest BCUT2D eigenvalue weighted by Gasteiger charge is -2.24. The van der Waals surface area contributed by atoms with E-state index in [0.29, 0.717) is 11.4 Å². The monoisotopic (exact) mass is 411 g/mol. The van der Waals surface area contributed by atoms with Gasteiger partial charge < -0.3 is 15.5 Å². The van der Waals surface area contributed by atoms with Crippen molar-refractivity contribution in [3.63, 3.8) is 0 Å². The molecule has 0 aliphatic heterocycles. The molecule has 2 aromatic rings. The maximum atomic E-state index is 12.8. The van der Waals surface area contributed by atoms with E-state index in [1.807, 2.05) is 63.2 Å². The molecule has 1 unspecified atom stereocenters. The molecule has 0 spiro atoms. The van der Waals surface area contributed by atoms with Gasteiger partial charge in [-0.05, 0) is 38.8 Å². The maximum absolute atomic E-state index is 12.8. The largest absolute Gasteiger partial charge is 0.338 e. The molecule has 2 atom stereocenters. The van der Waals surface area contributed by atoms with Crippen LogP contribution in [-0.2, 0) is 9.59 Å². The minimum absolute atomic E-state index is 0.0646. The van der Waals surface area contributed by atoms with Gasteiger partial charge in [0, 0.05) is 17.8 Å². The van der Waals surface area contributed by atoms with Crippen molar-refractivity contribution in [3.05, 3.63) is 64.7 Å². The van der Waals surface area contributed by atoms with Crippen LogP contribution in [0.5, 0.6) is 0 Å². The standard InChI is InChI=1S/C23H30N4O3/c1-6-24-23(30)26-22(29)21(18-10-8-7-9-11-18)27(5)14-19(28)25-20-16(3)12-15(2)13-17(20)4/h7-13,21H,6,14H2,1-5H3,(H,25,28)(H2,24,26,29,30)/p+1/t21-/m0/s1. The number of quaternary nitrogens is 1. The van der Waals surface area contributed by atoms with Crippen LogP contribution in [-0.4, -0.2) is 38.0 Å². The Hall–Kier alpha value is -3.19. The molecular formula is C23H31N4O3+. The lowest BCUT2D eigenvalue weighted by atomic mass is 10.0. The minimum atomic E-state index is -0.709. The lowest BCUT2D eigenvalue weighted by molar-refractivity contribution is -0.894. The van der Waals surface area contributed by atoms with E-state index < -0.39 is 18.0 Å². The molecule has 0 aromatic heterocycles. The molecule has 7 heteroatoms. The first-order valence-corrected chi connectivity index (χ1v) is 10.1. The number of anilines is 1. The van der Waals surface area contributed by atoms with Gasteiger partial charge in [0.1, 0.15) is 0 Å². The molecule has 0 heterocycles. The second-order valence-corrected chi connectivity index (χ2v) is 7.54. The Morgan fingerprint density at radius 1 is 1.00 bits per heavy atom. The third-order valence-electron chi connectivity index (χ3n) is 4.84. The highest BCUT2D eigenvalue weighted by molar-refractivity contribution is 5.97. The van der Waals surface area contributed by atoms with E-state index >= 15 is 0 Å². The quantitative estimate of drug-likeness (QED) is 0.558. The zero-order valence-electron chi connectivity index (χ0n) is 18.3. The molecular weight excluding hydrogens is 380 g/mol. The number of rotatable bonds is 7. The summed E-state index contributed by atoms with van der Waals surface area (Å²) in [5.41, 5.74) is 4.64. The molecule has 30 heavy (non-hydrogen) atoms. The summed E-state index contributed by atoms with van der Waals surface area (Å²) in [6.45, 7) is 8.18. The smallest absolute Gasteiger partial charge is 0.321 e. The molecule has 2 aromatic carbocycles. The number of carbonyl (C=O) groups excluding carboxylic acids is 3. The molecule has 0 fully saturated rings. The van der Waals surface area contributed by atoms with Crippen molar-refractivity contribution in [2.75, 3.05) is 25.5 Å². The number of hydrogen-bond donors (Lipinski definition) is 4. The van der Waals surface area contributed by atoms with E-state index in [0.717, 1.165) is 27.9 Å². The number of amides is 4. The average Bonchev–Trinajstić information content (AvgIpc) is 2.65. The normalized spacial score (nSPS) is 12.6. The van der Waals surface area contributed by atoms with Gasteiger partial charge in [-0.1, -0.05) is 48.0 Å². The number of urea groups is 1. The minimum Gasteiger partial charge on any atom is -0.338 e. The fourth-order valence-corrected chi connectivity index (χ4v) is 3.61. The lowest BCUT2D eigenvalue weighted by Crippen LogP contribution is -3.11. The first-order valence-electron chi connectivity index (χ1n) is 10.1. The number of benzene rings is 2. The SMILES string of the molecule is CCNC(=O)NC(=O)[C@H](c1ccccc1)[NH+](C)CC(=O)Nc1c(C)cc(C)cc1C. The Kier molecular flexibility index (Phi) is 8.12. The van der Waals surface area contributed by atoms with Gasteiger partial charge >= 0.3 is 6.03 Å². The number of likely N-dealkylation sites (N-methyl/N-ethyl adjacent to an activating group) is 1. The van der Waals surface area contributed by atoms with Crippen molar-refractivity contribution >= 4 is 23.5 Å². The van der Waals surface area contributed by atoms with Gasteiger partial charge in [0.2, 0.25) is 0 Å². The number of imide groups is 1. The van der Waals surface area contributed by atoms with Crippen LogP contribution in [0.1, 0.15) is 35.2 Å². The Bertz CT molecular complexity index is 889. The van der Waals surface area contributed by atoms with E-state index in [-0.39, 0.29) is 12.5 Å². The van der Waals surface area contributed by atoms with E-state index in [1.54, 1.807) is 14.0 Å². The van der Waals surface area contributed by atoms with Crippen molar-refractivity contribution in [2.24, 2.45) is 0 Å². The van der Waals surface area contributed by atoms with Gasteiger partial charge in [0.05, 0.1) is 7.05 Å². The van der Waals surface area contributed by atoms with Crippen LogP contribution in [0, 0.1) is 20.8 Å². The average molecular weight is 412 g/mol. The molecule has 0 aliphatic carbocycles. The van der Waals surface area contributed by atoms with Crippen LogP contribution in [0.15, 0.2) is 42.5 Å². The number of nitrogens with one attached hydrogen (secondary N) is 4. The second-order valence-electron chi connectivity index (χ2n) is 7.54. The molecule has 4 amide bonds. The van der Waals surface area contributed by atoms with Gasteiger partial charge in [0.25, 0.3) is 11.8 Å². The maximum Gasteiger partial charge on any atom is 0.321 e. The summed E-state index contributed by atoms with van der Waals surface area (Å²) in [7, 11) is 1.77. The van der Waals surface area contributed by atoms with Gasteiger partial charge in [-0.25, -0.2) is 4.79 Å². The van der Waals surface area contributed by atoms with Gasteiger partial charge in [-0.2, -0.15) is 0 Å². The van der Waals surface area contributed by atoms with E-state index in [2.05, 4.69) is 16.0 Å². The third kappa shape index (κ3) is 6.15. The van der Waals surface area contributed by atoms with Gasteiger partial charge in [-0.3, -0.25) is 14.9 Å². The van der Waals surface area contributed by atoms with Crippen molar-refractivity contribution < 1.29 is 19.3 Å². The second kappa shape index (κ2) is 10.5. The van der Waals surface area contributed by atoms with Crippen molar-refractivity contribution in [1.29, 1.82) is 0 Å². The number of carbonyl (C=O) groups is 3. The molecule has 7 nitrogen and oxygen atoms in total. The summed E-state index contributed by atoms with van der Waals surface area (Å²) in [6.07, 6.45) is 0. The predicted octanol–water partition coefficient (Wildman–Crippen LogP) is 1.65. The van der Waals surface area contributed by atoms with E-state index in [4.69, 9.17) is 0 Å². The molecule has 0 saturated heterocycles. The van der Waals surface area contributed by atoms with Crippen LogP contribution >= 0.6 is 0 Å². The summed E-state index contributed by atoms with van der Waals surface area (Å²) in [6, 6.07) is 11.9. The topological polar surface area (TPSA) is 91.7 Å². The third-order valence-corrected chi connectivity index (χ3v) is 4.84. The summed E-state index contributed by atoms with van der Waals surface area (Å²) in [5.74, 6) is -0.658. The number of aryl methyl sites for hydroxylation is 3. The Balaban J connectivity index is 2.17. The fraction of sp³-hybridized carbons (Fsp3) is 0.348. The first kappa shape index (κ1) is 23.1. The molecule has 0 aliphatic rings. The van der Waals surface area contributed by atoms with Crippen LogP contribution < -0.4 is 20.9 Å². The molecule has 160 valence electrons. The first-order chi connectivity index (χ1) is 14.2. The summed E-state index contributed by atoms with van der Waals surface area (Å²) >= 11 is 0. The molecule has 4 N–H and O–H groups in total. The van der Waals surface area contributed by atoms with Gasteiger partial charge in [-0.15, -0.1) is 0 Å². The van der Waals surface area contributed by atoms with Crippen molar-refractivity contribution in [1.82, 2.24) is 10.6 Å². The molecule has 0 radical (unpaired) electrons. The highest BCUT2D eigenvalue weighted by atomic mass is 16.2. The zero-order chi connectivity index (χ0) is 22.3. The molecule has 0 bridgehead atoms. The van der Waals surface area contributed by atoms with Gasteiger partial charge in [0.15, 0.2) is 12.6 Å². The van der Waals surface area contributed by atoms with Crippen LogP contribution in [0.3, 0.4) is 0 Å². The number of hydrogen-bond acceptors (Lipinski definition) is 3. The summed E-state index contributed by atoms with van der Waals surface area (Å²) < 4.78 is 0. The Morgan fingerprint density at radius 2 is 1.60 bits per heavy atom. The molecule has 2 rings (SSSR count). The highest BCUT2D eigenvalue weighted by Crippen LogP contribution is 2.21. The van der Waals surface area contributed by atoms with Crippen LogP contribution in [0.2, 0.25) is 0 Å². The van der Waals surface area contributed by atoms with Crippen LogP contribution in [0.4, 0.5) is 10.5 Å². The zero-order valence-corrected chi connectivity index (χ0v) is 18.3. The Labute approximate surface area is 177 Å². The van der Waals surface area contributed by atoms with Crippen molar-refractivity contribution in [2.45, 2.75) is 33.7 Å². The predicted molar refractivity (Wildman–Crippen MR) is 117 cm³/mol. The fourth-order valence-electron chi connectivity index (χ4n) is 3.61. The van der Waals surface area contributed by atoms with E-state index in [1.165, 1.54) is 0 Å². The molecule has 0 saturated carbocycles. The Morgan fingerprint density at radius 3 is 2.17 bits per heavy atom. The van der Waals surface area contributed by atoms with Crippen molar-refractivity contribution in [3.8, 4) is 0 Å². The highest BCUT2D eigenvalue weighted by Gasteiger charge is 2.31. The summed E-state index contributed by atoms with van der Waals surface area (Å²) in [5, 5.41) is 7.89. The van der Waals surface area contributed by atoms with Crippen LogP contribution in [0.25, 0.3) is 0 Å². The summed E-state index contributed by atoms with van der Waals surface area (Å²) in [4.78, 5) is 38.1. The van der Waals surface area contributed by atoms with E-state index in [9.17, 15) is 14.4 Å².